The van der Waals surface area contributed by atoms with Crippen LogP contribution in [0.5, 0.6) is 0 Å². The van der Waals surface area contributed by atoms with E-state index < -0.39 is 4.92 Å². The second-order valence-corrected chi connectivity index (χ2v) is 4.05. The Morgan fingerprint density at radius 2 is 2.09 bits per heavy atom. The van der Waals surface area contributed by atoms with Gasteiger partial charge in [0.05, 0.1) is 4.92 Å². The minimum atomic E-state index is -0.410. The average molecular weight is 328 g/mol. The summed E-state index contributed by atoms with van der Waals surface area (Å²) in [5, 5.41) is 10.3. The molecule has 0 radical (unpaired) electrons. The van der Waals surface area contributed by atoms with E-state index in [0.717, 1.165) is 8.04 Å². The lowest BCUT2D eigenvalue weighted by Gasteiger charge is -1.93. The summed E-state index contributed by atoms with van der Waals surface area (Å²) in [6.07, 6.45) is 0. The van der Waals surface area contributed by atoms with Crippen LogP contribution in [0.15, 0.2) is 22.7 Å². The molecule has 0 fully saturated rings. The summed E-state index contributed by atoms with van der Waals surface area (Å²) >= 11 is 5.20. The van der Waals surface area contributed by atoms with Crippen molar-refractivity contribution in [2.45, 2.75) is 0 Å². The van der Waals surface area contributed by atoms with Crippen molar-refractivity contribution in [2.24, 2.45) is 0 Å². The first-order chi connectivity index (χ1) is 5.09. The molecule has 0 bridgehead atoms. The van der Waals surface area contributed by atoms with Gasteiger partial charge in [0.25, 0.3) is 5.69 Å². The number of hydrogen-bond acceptors (Lipinski definition) is 2. The van der Waals surface area contributed by atoms with Crippen LogP contribution in [0, 0.1) is 13.7 Å². The Bertz CT molecular complexity index is 282. The van der Waals surface area contributed by atoms with Gasteiger partial charge < -0.3 is 0 Å². The predicted molar refractivity (Wildman–Crippen MR) is 53.5 cm³/mol. The predicted octanol–water partition coefficient (Wildman–Crippen LogP) is 2.96. The highest BCUT2D eigenvalue weighted by molar-refractivity contribution is 14.1. The summed E-state index contributed by atoms with van der Waals surface area (Å²) in [5.41, 5.74) is 0.115. The Labute approximate surface area is 85.2 Å². The highest BCUT2D eigenvalue weighted by Crippen LogP contribution is 2.21. The van der Waals surface area contributed by atoms with Crippen LogP contribution < -0.4 is 0 Å². The Kier molecular flexibility index (Phi) is 2.83. The topological polar surface area (TPSA) is 43.1 Å². The molecule has 0 aliphatic carbocycles. The van der Waals surface area contributed by atoms with Crippen LogP contribution in [0.25, 0.3) is 0 Å². The summed E-state index contributed by atoms with van der Waals surface area (Å²) in [6.45, 7) is 0. The van der Waals surface area contributed by atoms with Gasteiger partial charge in [0.15, 0.2) is 0 Å². The molecule has 0 N–H and O–H groups in total. The Morgan fingerprint density at radius 1 is 1.45 bits per heavy atom. The molecule has 0 saturated carbocycles. The minimum Gasteiger partial charge on any atom is -0.258 e. The molecule has 1 rings (SSSR count). The van der Waals surface area contributed by atoms with Gasteiger partial charge in [0.1, 0.15) is 0 Å². The van der Waals surface area contributed by atoms with Crippen molar-refractivity contribution in [3.8, 4) is 0 Å². The van der Waals surface area contributed by atoms with E-state index in [4.69, 9.17) is 0 Å². The summed E-state index contributed by atoms with van der Waals surface area (Å²) in [6, 6.07) is 4.81. The summed E-state index contributed by atoms with van der Waals surface area (Å²) in [7, 11) is 0. The molecule has 0 aromatic heterocycles. The summed E-state index contributed by atoms with van der Waals surface area (Å²) in [5.74, 6) is 0. The smallest absolute Gasteiger partial charge is 0.258 e. The van der Waals surface area contributed by atoms with E-state index in [0.29, 0.717) is 0 Å². The molecule has 5 heteroatoms. The number of non-ortho nitro benzene ring substituents is 1. The molecule has 0 aliphatic rings. The number of nitro benzene ring substituents is 1. The molecule has 3 nitrogen and oxygen atoms in total. The van der Waals surface area contributed by atoms with Gasteiger partial charge >= 0.3 is 0 Å². The Balaban J connectivity index is 3.19. The molecular formula is C6H3BrINO2. The maximum atomic E-state index is 10.3. The highest BCUT2D eigenvalue weighted by Gasteiger charge is 2.06. The molecule has 0 aliphatic heterocycles. The number of halogens is 2. The van der Waals surface area contributed by atoms with Gasteiger partial charge in [-0.3, -0.25) is 10.1 Å². The second-order valence-electron chi connectivity index (χ2n) is 1.88. The van der Waals surface area contributed by atoms with Crippen LogP contribution in [0.3, 0.4) is 0 Å². The third-order valence-corrected chi connectivity index (χ3v) is 2.14. The van der Waals surface area contributed by atoms with Crippen LogP contribution in [0.4, 0.5) is 5.69 Å². The standard InChI is InChI=1S/C6H3BrINO2/c7-4-1-5(8)3-6(2-4)9(10)11/h1-3H. The van der Waals surface area contributed by atoms with E-state index in [2.05, 4.69) is 15.9 Å². The van der Waals surface area contributed by atoms with Crippen LogP contribution in [0.2, 0.25) is 0 Å². The third-order valence-electron chi connectivity index (χ3n) is 1.06. The van der Waals surface area contributed by atoms with E-state index in [1.54, 1.807) is 0 Å². The zero-order valence-electron chi connectivity index (χ0n) is 5.25. The highest BCUT2D eigenvalue weighted by atomic mass is 127. The summed E-state index contributed by atoms with van der Waals surface area (Å²) < 4.78 is 1.58. The molecule has 1 aromatic carbocycles. The van der Waals surface area contributed by atoms with E-state index >= 15 is 0 Å². The fraction of sp³-hybridized carbons (Fsp3) is 0. The molecule has 0 amide bonds. The monoisotopic (exact) mass is 327 g/mol. The van der Waals surface area contributed by atoms with Gasteiger partial charge in [-0.05, 0) is 28.7 Å². The number of nitrogens with zero attached hydrogens (tertiary/aromatic N) is 1. The van der Waals surface area contributed by atoms with Gasteiger partial charge in [-0.15, -0.1) is 0 Å². The van der Waals surface area contributed by atoms with Crippen molar-refractivity contribution >= 4 is 44.2 Å². The van der Waals surface area contributed by atoms with Crippen molar-refractivity contribution in [1.29, 1.82) is 0 Å². The lowest BCUT2D eigenvalue weighted by molar-refractivity contribution is -0.385. The van der Waals surface area contributed by atoms with Crippen molar-refractivity contribution in [2.75, 3.05) is 0 Å². The molecule has 1 aromatic rings. The van der Waals surface area contributed by atoms with Crippen molar-refractivity contribution < 1.29 is 4.92 Å². The van der Waals surface area contributed by atoms with Gasteiger partial charge in [-0.2, -0.15) is 0 Å². The maximum Gasteiger partial charge on any atom is 0.271 e. The molecule has 0 atom stereocenters. The lowest BCUT2D eigenvalue weighted by Crippen LogP contribution is -1.87. The zero-order chi connectivity index (χ0) is 8.43. The average Bonchev–Trinajstić information content (AvgIpc) is 1.85. The molecule has 0 heterocycles. The van der Waals surface area contributed by atoms with Crippen LogP contribution in [0.1, 0.15) is 0 Å². The molecular weight excluding hydrogens is 325 g/mol. The largest absolute Gasteiger partial charge is 0.271 e. The van der Waals surface area contributed by atoms with Crippen molar-refractivity contribution in [1.82, 2.24) is 0 Å². The first-order valence-corrected chi connectivity index (χ1v) is 4.57. The van der Waals surface area contributed by atoms with E-state index in [-0.39, 0.29) is 5.69 Å². The fourth-order valence-corrected chi connectivity index (χ4v) is 2.21. The lowest BCUT2D eigenvalue weighted by atomic mass is 10.3. The van der Waals surface area contributed by atoms with Crippen molar-refractivity contribution in [3.63, 3.8) is 0 Å². The van der Waals surface area contributed by atoms with E-state index in [1.807, 2.05) is 28.7 Å². The fourth-order valence-electron chi connectivity index (χ4n) is 0.645. The number of rotatable bonds is 1. The number of nitro groups is 1. The van der Waals surface area contributed by atoms with Crippen molar-refractivity contribution in [3.05, 3.63) is 36.4 Å². The molecule has 0 unspecified atom stereocenters. The third kappa shape index (κ3) is 2.41. The van der Waals surface area contributed by atoms with E-state index in [1.165, 1.54) is 12.1 Å². The van der Waals surface area contributed by atoms with Crippen LogP contribution in [-0.4, -0.2) is 4.92 Å². The SMILES string of the molecule is O=[N+]([O-])c1cc(Br)cc(I)c1. The normalized spacial score (nSPS) is 9.64. The van der Waals surface area contributed by atoms with Crippen LogP contribution >= 0.6 is 38.5 Å². The quantitative estimate of drug-likeness (QED) is 0.452. The Morgan fingerprint density at radius 3 is 2.55 bits per heavy atom. The first kappa shape index (κ1) is 8.92. The van der Waals surface area contributed by atoms with Gasteiger partial charge in [0.2, 0.25) is 0 Å². The molecule has 0 saturated heterocycles. The Hall–Kier alpha value is -0.170. The van der Waals surface area contributed by atoms with E-state index in [9.17, 15) is 10.1 Å². The van der Waals surface area contributed by atoms with Gasteiger partial charge in [0, 0.05) is 20.2 Å². The molecule has 0 spiro atoms. The maximum absolute atomic E-state index is 10.3. The first-order valence-electron chi connectivity index (χ1n) is 2.70. The zero-order valence-corrected chi connectivity index (χ0v) is 9.00. The van der Waals surface area contributed by atoms with Gasteiger partial charge in [-0.25, -0.2) is 0 Å². The second kappa shape index (κ2) is 3.48. The van der Waals surface area contributed by atoms with Gasteiger partial charge in [-0.1, -0.05) is 15.9 Å². The minimum absolute atomic E-state index is 0.115. The number of benzene rings is 1. The summed E-state index contributed by atoms with van der Waals surface area (Å²) in [4.78, 5) is 9.88. The number of hydrogen-bond donors (Lipinski definition) is 0. The molecule has 58 valence electrons. The molecule has 11 heavy (non-hydrogen) atoms. The van der Waals surface area contributed by atoms with Crippen LogP contribution in [-0.2, 0) is 0 Å².